The molecule has 3 heteroatoms. The minimum Gasteiger partial charge on any atom is -0.454 e. The lowest BCUT2D eigenvalue weighted by atomic mass is 9.91. The van der Waals surface area contributed by atoms with E-state index in [9.17, 15) is 0 Å². The van der Waals surface area contributed by atoms with Crippen molar-refractivity contribution in [2.75, 3.05) is 4.90 Å². The van der Waals surface area contributed by atoms with Crippen molar-refractivity contribution in [1.29, 1.82) is 0 Å². The van der Waals surface area contributed by atoms with Crippen molar-refractivity contribution in [3.8, 4) is 27.9 Å². The molecule has 0 aliphatic heterocycles. The van der Waals surface area contributed by atoms with E-state index in [-0.39, 0.29) is 0 Å². The highest BCUT2D eigenvalue weighted by Gasteiger charge is 2.23. The fraction of sp³-hybridized carbons (Fsp3) is 0. The number of nitrogens with zero attached hydrogens (tertiary/aromatic N) is 2. The average molecular weight is 753 g/mol. The second kappa shape index (κ2) is 13.4. The predicted molar refractivity (Wildman–Crippen MR) is 249 cm³/mol. The van der Waals surface area contributed by atoms with Crippen molar-refractivity contribution in [1.82, 2.24) is 4.57 Å². The van der Waals surface area contributed by atoms with Crippen molar-refractivity contribution >= 4 is 82.4 Å². The molecule has 0 bridgehead atoms. The Labute approximate surface area is 341 Å². The van der Waals surface area contributed by atoms with Gasteiger partial charge in [-0.15, -0.1) is 0 Å². The van der Waals surface area contributed by atoms with Crippen LogP contribution in [0.25, 0.3) is 93.2 Å². The van der Waals surface area contributed by atoms with Gasteiger partial charge in [0.1, 0.15) is 5.58 Å². The Morgan fingerprint density at radius 1 is 0.373 bits per heavy atom. The molecule has 0 N–H and O–H groups in total. The number of rotatable bonds is 6. The molecule has 0 saturated heterocycles. The third-order valence-corrected chi connectivity index (χ3v) is 12.0. The van der Waals surface area contributed by atoms with Gasteiger partial charge in [0.25, 0.3) is 0 Å². The Balaban J connectivity index is 1.07. The SMILES string of the molecule is c1ccc(-c2cccc3cccc(-c4ccc(N(c5ccc(-n6c7ccccc7c7ccccc76)cc5)c5c6ccccc6cc6c5oc5ccccc56)cc4)c23)cc1. The lowest BCUT2D eigenvalue weighted by Gasteiger charge is -2.27. The molecule has 10 aromatic carbocycles. The zero-order valence-electron chi connectivity index (χ0n) is 32.1. The smallest absolute Gasteiger partial charge is 0.160 e. The van der Waals surface area contributed by atoms with Crippen LogP contribution >= 0.6 is 0 Å². The molecule has 3 nitrogen and oxygen atoms in total. The van der Waals surface area contributed by atoms with E-state index in [2.05, 4.69) is 222 Å². The minimum absolute atomic E-state index is 0.863. The van der Waals surface area contributed by atoms with E-state index in [1.165, 1.54) is 49.3 Å². The maximum atomic E-state index is 6.85. The number of anilines is 3. The van der Waals surface area contributed by atoms with Gasteiger partial charge in [-0.25, -0.2) is 0 Å². The van der Waals surface area contributed by atoms with Gasteiger partial charge in [-0.2, -0.15) is 0 Å². The van der Waals surface area contributed by atoms with Gasteiger partial charge in [0.05, 0.1) is 16.7 Å². The Hall–Kier alpha value is -7.88. The van der Waals surface area contributed by atoms with Gasteiger partial charge < -0.3 is 13.9 Å². The normalized spacial score (nSPS) is 11.7. The molecule has 0 amide bonds. The summed E-state index contributed by atoms with van der Waals surface area (Å²) >= 11 is 0. The van der Waals surface area contributed by atoms with Gasteiger partial charge in [-0.1, -0.05) is 158 Å². The van der Waals surface area contributed by atoms with Gasteiger partial charge >= 0.3 is 0 Å². The van der Waals surface area contributed by atoms with Crippen LogP contribution in [0.15, 0.2) is 223 Å². The van der Waals surface area contributed by atoms with Crippen LogP contribution in [-0.2, 0) is 0 Å². The van der Waals surface area contributed by atoms with E-state index >= 15 is 0 Å². The maximum Gasteiger partial charge on any atom is 0.160 e. The second-order valence-corrected chi connectivity index (χ2v) is 15.3. The van der Waals surface area contributed by atoms with Crippen LogP contribution < -0.4 is 4.90 Å². The lowest BCUT2D eigenvalue weighted by Crippen LogP contribution is -2.11. The largest absolute Gasteiger partial charge is 0.454 e. The number of fused-ring (bicyclic) bond motifs is 8. The molecule has 0 atom stereocenters. The highest BCUT2D eigenvalue weighted by molar-refractivity contribution is 6.19. The number of hydrogen-bond donors (Lipinski definition) is 0. The van der Waals surface area contributed by atoms with E-state index in [1.54, 1.807) is 0 Å². The first kappa shape index (κ1) is 33.3. The fourth-order valence-corrected chi connectivity index (χ4v) is 9.31. The molecule has 12 aromatic rings. The third kappa shape index (κ3) is 5.29. The van der Waals surface area contributed by atoms with Crippen LogP contribution in [0.5, 0.6) is 0 Å². The van der Waals surface area contributed by atoms with E-state index in [0.717, 1.165) is 61.0 Å². The van der Waals surface area contributed by atoms with Crippen LogP contribution in [0.3, 0.4) is 0 Å². The predicted octanol–water partition coefficient (Wildman–Crippen LogP) is 15.8. The van der Waals surface area contributed by atoms with Crippen LogP contribution in [0, 0.1) is 0 Å². The summed E-state index contributed by atoms with van der Waals surface area (Å²) in [6.45, 7) is 0. The molecule has 0 radical (unpaired) electrons. The van der Waals surface area contributed by atoms with Crippen molar-refractivity contribution in [3.63, 3.8) is 0 Å². The van der Waals surface area contributed by atoms with Gasteiger partial charge in [0, 0.05) is 44.0 Å². The van der Waals surface area contributed by atoms with Gasteiger partial charge in [0.2, 0.25) is 0 Å². The van der Waals surface area contributed by atoms with Gasteiger partial charge in [0.15, 0.2) is 5.58 Å². The van der Waals surface area contributed by atoms with Gasteiger partial charge in [-0.05, 0) is 99.1 Å². The van der Waals surface area contributed by atoms with Crippen LogP contribution in [-0.4, -0.2) is 4.57 Å². The van der Waals surface area contributed by atoms with Crippen molar-refractivity contribution in [2.24, 2.45) is 0 Å². The van der Waals surface area contributed by atoms with Gasteiger partial charge in [-0.3, -0.25) is 0 Å². The summed E-state index contributed by atoms with van der Waals surface area (Å²) in [5, 5.41) is 9.47. The fourth-order valence-electron chi connectivity index (χ4n) is 9.31. The number of para-hydroxylation sites is 3. The molecular weight excluding hydrogens is 717 g/mol. The summed E-state index contributed by atoms with van der Waals surface area (Å²) in [6, 6.07) is 78.6. The number of furan rings is 1. The molecule has 0 aliphatic carbocycles. The summed E-state index contributed by atoms with van der Waals surface area (Å²) in [6.07, 6.45) is 0. The third-order valence-electron chi connectivity index (χ3n) is 12.0. The number of aromatic nitrogens is 1. The first-order valence-electron chi connectivity index (χ1n) is 20.2. The first-order valence-corrected chi connectivity index (χ1v) is 20.2. The summed E-state index contributed by atoms with van der Waals surface area (Å²) in [5.74, 6) is 0. The molecule has 0 aliphatic rings. The summed E-state index contributed by atoms with van der Waals surface area (Å²) in [4.78, 5) is 2.38. The number of hydrogen-bond acceptors (Lipinski definition) is 2. The van der Waals surface area contributed by atoms with E-state index < -0.39 is 0 Å². The van der Waals surface area contributed by atoms with Crippen LogP contribution in [0.1, 0.15) is 0 Å². The van der Waals surface area contributed by atoms with Crippen LogP contribution in [0.2, 0.25) is 0 Å². The molecule has 12 rings (SSSR count). The quantitative estimate of drug-likeness (QED) is 0.169. The Morgan fingerprint density at radius 3 is 1.58 bits per heavy atom. The zero-order valence-corrected chi connectivity index (χ0v) is 32.1. The van der Waals surface area contributed by atoms with E-state index in [1.807, 2.05) is 6.07 Å². The Morgan fingerprint density at radius 2 is 0.898 bits per heavy atom. The highest BCUT2D eigenvalue weighted by atomic mass is 16.3. The molecule has 0 saturated carbocycles. The second-order valence-electron chi connectivity index (χ2n) is 15.3. The molecule has 276 valence electrons. The molecule has 0 spiro atoms. The van der Waals surface area contributed by atoms with Crippen molar-refractivity contribution in [3.05, 3.63) is 218 Å². The summed E-state index contributed by atoms with van der Waals surface area (Å²) in [7, 11) is 0. The molecule has 2 heterocycles. The Kier molecular flexibility index (Phi) is 7.54. The van der Waals surface area contributed by atoms with Crippen LogP contribution in [0.4, 0.5) is 17.1 Å². The first-order chi connectivity index (χ1) is 29.3. The standard InChI is InChI=1S/C56H36N2O/c1-2-14-37(15-3-1)44-23-12-17-39-18-13-24-45(54(39)44)38-28-30-41(31-29-38)57(55-46-19-5-4-16-40(46)36-50-49-22-8-11-27-53(49)59-56(50)55)42-32-34-43(35-33-42)58-51-25-9-6-20-47(51)48-21-7-10-26-52(48)58/h1-36H. The molecular formula is C56H36N2O. The zero-order chi connectivity index (χ0) is 38.9. The average Bonchev–Trinajstić information content (AvgIpc) is 3.85. The topological polar surface area (TPSA) is 21.3 Å². The molecule has 59 heavy (non-hydrogen) atoms. The highest BCUT2D eigenvalue weighted by Crippen LogP contribution is 2.47. The Bertz CT molecular complexity index is 3480. The van der Waals surface area contributed by atoms with E-state index in [0.29, 0.717) is 0 Å². The van der Waals surface area contributed by atoms with E-state index in [4.69, 9.17) is 4.42 Å². The molecule has 0 unspecified atom stereocenters. The monoisotopic (exact) mass is 752 g/mol. The van der Waals surface area contributed by atoms with Crippen molar-refractivity contribution < 1.29 is 4.42 Å². The maximum absolute atomic E-state index is 6.85. The summed E-state index contributed by atoms with van der Waals surface area (Å²) < 4.78 is 9.22. The minimum atomic E-state index is 0.863. The summed E-state index contributed by atoms with van der Waals surface area (Å²) in [5.41, 5.74) is 13.1. The van der Waals surface area contributed by atoms with Crippen molar-refractivity contribution in [2.45, 2.75) is 0 Å². The molecule has 2 aromatic heterocycles. The molecule has 0 fully saturated rings. The number of benzene rings is 10. The lowest BCUT2D eigenvalue weighted by molar-refractivity contribution is 0.669.